The normalized spacial score (nSPS) is 14.6. The highest BCUT2D eigenvalue weighted by Crippen LogP contribution is 2.39. The molecule has 1 aromatic rings. The summed E-state index contributed by atoms with van der Waals surface area (Å²) in [4.78, 5) is 11.7. The molecular weight excluding hydrogens is 272 g/mol. The number of nitrogens with zero attached hydrogens (tertiary/aromatic N) is 3. The number of nitrogens with one attached hydrogen (secondary N) is 1. The number of hydrogen-bond acceptors (Lipinski definition) is 4. The van der Waals surface area contributed by atoms with Crippen LogP contribution in [0.1, 0.15) is 38.4 Å². The second-order valence-electron chi connectivity index (χ2n) is 5.50. The van der Waals surface area contributed by atoms with Crippen molar-refractivity contribution >= 4 is 17.7 Å². The van der Waals surface area contributed by atoms with E-state index < -0.39 is 0 Å². The summed E-state index contributed by atoms with van der Waals surface area (Å²) in [6, 6.07) is 0. The van der Waals surface area contributed by atoms with E-state index in [0.717, 1.165) is 11.0 Å². The molecular formula is C14H22N4OS. The molecule has 0 unspecified atom stereocenters. The van der Waals surface area contributed by atoms with Crippen LogP contribution in [-0.2, 0) is 11.3 Å². The third-order valence-electron chi connectivity index (χ3n) is 3.04. The van der Waals surface area contributed by atoms with Gasteiger partial charge in [-0.2, -0.15) is 0 Å². The zero-order valence-corrected chi connectivity index (χ0v) is 12.9. The molecule has 1 aliphatic carbocycles. The summed E-state index contributed by atoms with van der Waals surface area (Å²) in [6.45, 7) is 9.35. The first-order valence-electron chi connectivity index (χ1n) is 7.05. The van der Waals surface area contributed by atoms with E-state index in [1.807, 2.05) is 6.08 Å². The average Bonchev–Trinajstić information content (AvgIpc) is 3.18. The smallest absolute Gasteiger partial charge is 0.230 e. The molecule has 0 spiro atoms. The van der Waals surface area contributed by atoms with Gasteiger partial charge in [0.05, 0.1) is 5.75 Å². The summed E-state index contributed by atoms with van der Waals surface area (Å²) >= 11 is 1.44. The molecule has 20 heavy (non-hydrogen) atoms. The first-order chi connectivity index (χ1) is 9.61. The van der Waals surface area contributed by atoms with Crippen LogP contribution in [0.2, 0.25) is 0 Å². The lowest BCUT2D eigenvalue weighted by Crippen LogP contribution is -2.28. The van der Waals surface area contributed by atoms with E-state index in [1.165, 1.54) is 24.6 Å². The number of amides is 1. The summed E-state index contributed by atoms with van der Waals surface area (Å²) < 4.78 is 2.07. The van der Waals surface area contributed by atoms with Crippen molar-refractivity contribution in [3.8, 4) is 0 Å². The molecule has 0 aromatic carbocycles. The van der Waals surface area contributed by atoms with E-state index >= 15 is 0 Å². The van der Waals surface area contributed by atoms with Crippen molar-refractivity contribution in [3.63, 3.8) is 0 Å². The van der Waals surface area contributed by atoms with Crippen molar-refractivity contribution in [2.75, 3.05) is 12.3 Å². The molecule has 110 valence electrons. The molecule has 5 nitrogen and oxygen atoms in total. The lowest BCUT2D eigenvalue weighted by molar-refractivity contribution is -0.118. The molecule has 6 heteroatoms. The molecule has 1 heterocycles. The van der Waals surface area contributed by atoms with E-state index in [2.05, 4.69) is 40.5 Å². The Morgan fingerprint density at radius 1 is 1.55 bits per heavy atom. The molecule has 1 N–H and O–H groups in total. The SMILES string of the molecule is C=CCn1c(SCC(=O)NCC(C)C)nnc1C1CC1. The minimum absolute atomic E-state index is 0.0461. The van der Waals surface area contributed by atoms with Gasteiger partial charge in [-0.05, 0) is 18.8 Å². The van der Waals surface area contributed by atoms with Crippen LogP contribution in [0.15, 0.2) is 17.8 Å². The molecule has 0 aliphatic heterocycles. The predicted octanol–water partition coefficient (Wildman–Crippen LogP) is 2.21. The Balaban J connectivity index is 1.91. The summed E-state index contributed by atoms with van der Waals surface area (Å²) in [7, 11) is 0. The van der Waals surface area contributed by atoms with Crippen molar-refractivity contribution in [2.24, 2.45) is 5.92 Å². The number of carbonyl (C=O) groups excluding carboxylic acids is 1. The maximum atomic E-state index is 11.7. The number of allylic oxidation sites excluding steroid dienone is 1. The fourth-order valence-corrected chi connectivity index (χ4v) is 2.63. The van der Waals surface area contributed by atoms with Crippen LogP contribution in [0, 0.1) is 5.92 Å². The Labute approximate surface area is 124 Å². The van der Waals surface area contributed by atoms with Crippen molar-refractivity contribution < 1.29 is 4.79 Å². The molecule has 1 aromatic heterocycles. The van der Waals surface area contributed by atoms with Crippen LogP contribution in [-0.4, -0.2) is 33.0 Å². The highest BCUT2D eigenvalue weighted by Gasteiger charge is 2.30. The number of aromatic nitrogens is 3. The van der Waals surface area contributed by atoms with Crippen LogP contribution in [0.4, 0.5) is 0 Å². The summed E-state index contributed by atoms with van der Waals surface area (Å²) in [5.74, 6) is 2.48. The van der Waals surface area contributed by atoms with Crippen molar-refractivity contribution in [2.45, 2.75) is 44.3 Å². The Hall–Kier alpha value is -1.30. The van der Waals surface area contributed by atoms with Gasteiger partial charge in [0.25, 0.3) is 0 Å². The van der Waals surface area contributed by atoms with Crippen molar-refractivity contribution in [1.82, 2.24) is 20.1 Å². The van der Waals surface area contributed by atoms with E-state index in [1.54, 1.807) is 0 Å². The topological polar surface area (TPSA) is 59.8 Å². The maximum absolute atomic E-state index is 11.7. The minimum Gasteiger partial charge on any atom is -0.355 e. The molecule has 0 radical (unpaired) electrons. The van der Waals surface area contributed by atoms with Gasteiger partial charge in [0.15, 0.2) is 5.16 Å². The highest BCUT2D eigenvalue weighted by atomic mass is 32.2. The van der Waals surface area contributed by atoms with Gasteiger partial charge in [-0.1, -0.05) is 31.7 Å². The Morgan fingerprint density at radius 3 is 2.90 bits per heavy atom. The monoisotopic (exact) mass is 294 g/mol. The van der Waals surface area contributed by atoms with E-state index in [9.17, 15) is 4.79 Å². The Bertz CT molecular complexity index is 480. The number of hydrogen-bond donors (Lipinski definition) is 1. The van der Waals surface area contributed by atoms with Gasteiger partial charge in [-0.25, -0.2) is 0 Å². The summed E-state index contributed by atoms with van der Waals surface area (Å²) in [5.41, 5.74) is 0. The fourth-order valence-electron chi connectivity index (χ4n) is 1.85. The molecule has 1 saturated carbocycles. The largest absolute Gasteiger partial charge is 0.355 e. The number of rotatable bonds is 8. The average molecular weight is 294 g/mol. The van der Waals surface area contributed by atoms with Gasteiger partial charge in [0, 0.05) is 19.0 Å². The second kappa shape index (κ2) is 6.92. The maximum Gasteiger partial charge on any atom is 0.230 e. The molecule has 2 rings (SSSR count). The molecule has 1 amide bonds. The van der Waals surface area contributed by atoms with E-state index in [-0.39, 0.29) is 5.91 Å². The molecule has 0 saturated heterocycles. The lowest BCUT2D eigenvalue weighted by atomic mass is 10.2. The fraction of sp³-hybridized carbons (Fsp3) is 0.643. The van der Waals surface area contributed by atoms with E-state index in [0.29, 0.717) is 30.7 Å². The first kappa shape index (κ1) is 15.1. The molecule has 0 bridgehead atoms. The lowest BCUT2D eigenvalue weighted by Gasteiger charge is -2.08. The number of thioether (sulfide) groups is 1. The third-order valence-corrected chi connectivity index (χ3v) is 4.01. The zero-order chi connectivity index (χ0) is 14.5. The second-order valence-corrected chi connectivity index (χ2v) is 6.44. The van der Waals surface area contributed by atoms with Crippen LogP contribution in [0.25, 0.3) is 0 Å². The van der Waals surface area contributed by atoms with Crippen LogP contribution < -0.4 is 5.32 Å². The molecule has 0 atom stereocenters. The van der Waals surface area contributed by atoms with Gasteiger partial charge >= 0.3 is 0 Å². The van der Waals surface area contributed by atoms with Gasteiger partial charge < -0.3 is 9.88 Å². The van der Waals surface area contributed by atoms with E-state index in [4.69, 9.17) is 0 Å². The van der Waals surface area contributed by atoms with Gasteiger partial charge in [-0.15, -0.1) is 16.8 Å². The Kier molecular flexibility index (Phi) is 5.23. The zero-order valence-electron chi connectivity index (χ0n) is 12.1. The van der Waals surface area contributed by atoms with Gasteiger partial charge in [0.1, 0.15) is 5.82 Å². The quantitative estimate of drug-likeness (QED) is 0.590. The third kappa shape index (κ3) is 4.10. The number of carbonyl (C=O) groups is 1. The van der Waals surface area contributed by atoms with Crippen molar-refractivity contribution in [1.29, 1.82) is 0 Å². The predicted molar refractivity (Wildman–Crippen MR) is 80.8 cm³/mol. The molecule has 1 fully saturated rings. The standard InChI is InChI=1S/C14H22N4OS/c1-4-7-18-13(11-5-6-11)16-17-14(18)20-9-12(19)15-8-10(2)3/h4,10-11H,1,5-9H2,2-3H3,(H,15,19). The first-order valence-corrected chi connectivity index (χ1v) is 8.03. The minimum atomic E-state index is 0.0461. The van der Waals surface area contributed by atoms with Crippen LogP contribution in [0.3, 0.4) is 0 Å². The van der Waals surface area contributed by atoms with Gasteiger partial charge in [-0.3, -0.25) is 4.79 Å². The van der Waals surface area contributed by atoms with Crippen LogP contribution >= 0.6 is 11.8 Å². The Morgan fingerprint density at radius 2 is 2.30 bits per heavy atom. The highest BCUT2D eigenvalue weighted by molar-refractivity contribution is 7.99. The summed E-state index contributed by atoms with van der Waals surface area (Å²) in [5, 5.41) is 12.2. The summed E-state index contributed by atoms with van der Waals surface area (Å²) in [6.07, 6.45) is 4.22. The molecule has 1 aliphatic rings. The van der Waals surface area contributed by atoms with Crippen molar-refractivity contribution in [3.05, 3.63) is 18.5 Å². The van der Waals surface area contributed by atoms with Gasteiger partial charge in [0.2, 0.25) is 5.91 Å². The van der Waals surface area contributed by atoms with Crippen LogP contribution in [0.5, 0.6) is 0 Å².